The Bertz CT molecular complexity index is 2350. The fourth-order valence-electron chi connectivity index (χ4n) is 8.32. The van der Waals surface area contributed by atoms with Gasteiger partial charge in [-0.1, -0.05) is 159 Å². The molecule has 1 saturated carbocycles. The number of benzene rings is 8. The first-order valence-electron chi connectivity index (χ1n) is 16.9. The highest BCUT2D eigenvalue weighted by Crippen LogP contribution is 2.46. The van der Waals surface area contributed by atoms with Crippen LogP contribution in [0.25, 0.3) is 76.5 Å². The summed E-state index contributed by atoms with van der Waals surface area (Å²) in [4.78, 5) is 0. The molecule has 1 aliphatic carbocycles. The van der Waals surface area contributed by atoms with Crippen molar-refractivity contribution in [3.05, 3.63) is 157 Å². The number of fused-ring (bicyclic) bond motifs is 4. The average Bonchev–Trinajstić information content (AvgIpc) is 3.13. The molecular formula is C46H36. The zero-order valence-electron chi connectivity index (χ0n) is 26.0. The lowest BCUT2D eigenvalue weighted by molar-refractivity contribution is 0.446. The number of rotatable bonds is 4. The van der Waals surface area contributed by atoms with Crippen molar-refractivity contribution in [1.29, 1.82) is 0 Å². The summed E-state index contributed by atoms with van der Waals surface area (Å²) < 4.78 is 0. The molecule has 0 radical (unpaired) electrons. The highest BCUT2D eigenvalue weighted by molar-refractivity contribution is 6.21. The van der Waals surface area contributed by atoms with Crippen molar-refractivity contribution in [2.75, 3.05) is 0 Å². The van der Waals surface area contributed by atoms with E-state index in [1.165, 1.54) is 109 Å². The topological polar surface area (TPSA) is 0 Å². The second kappa shape index (κ2) is 11.3. The van der Waals surface area contributed by atoms with Gasteiger partial charge >= 0.3 is 0 Å². The molecule has 9 rings (SSSR count). The molecule has 8 aromatic rings. The lowest BCUT2D eigenvalue weighted by atomic mass is 9.78. The normalized spacial score (nSPS) is 14.0. The van der Waals surface area contributed by atoms with Crippen LogP contribution in [-0.2, 0) is 0 Å². The molecule has 0 heteroatoms. The maximum atomic E-state index is 2.46. The zero-order chi connectivity index (χ0) is 30.5. The Labute approximate surface area is 271 Å². The van der Waals surface area contributed by atoms with Crippen molar-refractivity contribution >= 4 is 43.1 Å². The van der Waals surface area contributed by atoms with Crippen LogP contribution in [0.4, 0.5) is 0 Å². The summed E-state index contributed by atoms with van der Waals surface area (Å²) >= 11 is 0. The molecule has 0 N–H and O–H groups in total. The van der Waals surface area contributed by atoms with Crippen LogP contribution < -0.4 is 0 Å². The van der Waals surface area contributed by atoms with Crippen LogP contribution in [0.5, 0.6) is 0 Å². The van der Waals surface area contributed by atoms with E-state index >= 15 is 0 Å². The molecule has 220 valence electrons. The molecular weight excluding hydrogens is 553 g/mol. The molecule has 0 heterocycles. The fraction of sp³-hybridized carbons (Fsp3) is 0.130. The largest absolute Gasteiger partial charge is 0.0616 e. The predicted molar refractivity (Wildman–Crippen MR) is 199 cm³/mol. The van der Waals surface area contributed by atoms with Gasteiger partial charge in [0.1, 0.15) is 0 Å². The molecule has 0 spiro atoms. The smallest absolute Gasteiger partial charge is 0.00262 e. The van der Waals surface area contributed by atoms with Gasteiger partial charge in [0.15, 0.2) is 0 Å². The fourth-order valence-corrected chi connectivity index (χ4v) is 8.32. The van der Waals surface area contributed by atoms with Crippen molar-refractivity contribution in [3.63, 3.8) is 0 Å². The molecule has 0 nitrogen and oxygen atoms in total. The minimum absolute atomic E-state index is 0.612. The molecule has 1 fully saturated rings. The third-order valence-corrected chi connectivity index (χ3v) is 10.4. The first kappa shape index (κ1) is 27.1. The minimum Gasteiger partial charge on any atom is -0.0616 e. The van der Waals surface area contributed by atoms with Gasteiger partial charge in [-0.3, -0.25) is 0 Å². The Morgan fingerprint density at radius 2 is 0.870 bits per heavy atom. The third-order valence-electron chi connectivity index (χ3n) is 10.4. The Balaban J connectivity index is 1.28. The maximum Gasteiger partial charge on any atom is -0.00262 e. The Morgan fingerprint density at radius 1 is 0.348 bits per heavy atom. The summed E-state index contributed by atoms with van der Waals surface area (Å²) in [5.74, 6) is 0.612. The van der Waals surface area contributed by atoms with E-state index in [4.69, 9.17) is 0 Å². The van der Waals surface area contributed by atoms with Gasteiger partial charge in [0.05, 0.1) is 0 Å². The van der Waals surface area contributed by atoms with Crippen molar-refractivity contribution in [3.8, 4) is 33.4 Å². The van der Waals surface area contributed by atoms with Gasteiger partial charge in [-0.25, -0.2) is 0 Å². The van der Waals surface area contributed by atoms with Crippen molar-refractivity contribution < 1.29 is 0 Å². The quantitative estimate of drug-likeness (QED) is 0.179. The summed E-state index contributed by atoms with van der Waals surface area (Å²) in [5.41, 5.74) is 9.43. The van der Waals surface area contributed by atoms with E-state index in [1.54, 1.807) is 5.56 Å². The summed E-state index contributed by atoms with van der Waals surface area (Å²) in [7, 11) is 0. The maximum absolute atomic E-state index is 2.46. The van der Waals surface area contributed by atoms with Gasteiger partial charge in [-0.05, 0) is 113 Å². The van der Waals surface area contributed by atoms with Gasteiger partial charge in [0.2, 0.25) is 0 Å². The van der Waals surface area contributed by atoms with E-state index < -0.39 is 0 Å². The van der Waals surface area contributed by atoms with Crippen LogP contribution in [0, 0.1) is 0 Å². The lowest BCUT2D eigenvalue weighted by Crippen LogP contribution is -2.07. The standard InChI is InChI=1S/C46H36/c1-2-15-33(16-3-1)44-38-20-7-6-14-32(38)27-28-39(44)35-18-12-19-36(30-35)45-40-21-8-10-23-42(40)46(43-24-11-9-22-41(43)45)37-26-25-31-13-4-5-17-34(31)29-37/h4-14,17-30,33H,1-3,15-16H2. The van der Waals surface area contributed by atoms with Crippen molar-refractivity contribution in [2.24, 2.45) is 0 Å². The van der Waals surface area contributed by atoms with Gasteiger partial charge in [0.25, 0.3) is 0 Å². The second-order valence-electron chi connectivity index (χ2n) is 13.1. The molecule has 1 aliphatic rings. The van der Waals surface area contributed by atoms with Gasteiger partial charge in [-0.2, -0.15) is 0 Å². The van der Waals surface area contributed by atoms with Crippen molar-refractivity contribution in [2.45, 2.75) is 38.0 Å². The average molecular weight is 589 g/mol. The molecule has 0 saturated heterocycles. The highest BCUT2D eigenvalue weighted by Gasteiger charge is 2.23. The Morgan fingerprint density at radius 3 is 1.54 bits per heavy atom. The van der Waals surface area contributed by atoms with Crippen molar-refractivity contribution in [1.82, 2.24) is 0 Å². The number of hydrogen-bond acceptors (Lipinski definition) is 0. The second-order valence-corrected chi connectivity index (χ2v) is 13.1. The van der Waals surface area contributed by atoms with Crippen LogP contribution in [0.1, 0.15) is 43.6 Å². The highest BCUT2D eigenvalue weighted by atomic mass is 14.3. The number of hydrogen-bond donors (Lipinski definition) is 0. The molecule has 0 aliphatic heterocycles. The monoisotopic (exact) mass is 588 g/mol. The van der Waals surface area contributed by atoms with E-state index in [9.17, 15) is 0 Å². The van der Waals surface area contributed by atoms with Crippen LogP contribution in [0.15, 0.2) is 152 Å². The summed E-state index contributed by atoms with van der Waals surface area (Å²) in [6, 6.07) is 56.7. The molecule has 0 amide bonds. The van der Waals surface area contributed by atoms with E-state index in [0.29, 0.717) is 5.92 Å². The summed E-state index contributed by atoms with van der Waals surface area (Å²) in [5, 5.41) is 10.5. The minimum atomic E-state index is 0.612. The van der Waals surface area contributed by atoms with Crippen LogP contribution >= 0.6 is 0 Å². The Kier molecular flexibility index (Phi) is 6.67. The van der Waals surface area contributed by atoms with Gasteiger partial charge < -0.3 is 0 Å². The first-order valence-corrected chi connectivity index (χ1v) is 16.9. The third kappa shape index (κ3) is 4.52. The van der Waals surface area contributed by atoms with Gasteiger partial charge in [-0.15, -0.1) is 0 Å². The van der Waals surface area contributed by atoms with E-state index in [2.05, 4.69) is 152 Å². The molecule has 0 unspecified atom stereocenters. The molecule has 0 aromatic heterocycles. The van der Waals surface area contributed by atoms with Gasteiger partial charge in [0, 0.05) is 0 Å². The Hall–Kier alpha value is -5.20. The molecule has 0 atom stereocenters. The molecule has 46 heavy (non-hydrogen) atoms. The predicted octanol–water partition coefficient (Wildman–Crippen LogP) is 13.3. The van der Waals surface area contributed by atoms with E-state index in [-0.39, 0.29) is 0 Å². The molecule has 8 aromatic carbocycles. The van der Waals surface area contributed by atoms with E-state index in [0.717, 1.165) is 0 Å². The molecule has 0 bridgehead atoms. The first-order chi connectivity index (χ1) is 22.8. The SMILES string of the molecule is c1cc(-c2ccc3ccccc3c2C2CCCCC2)cc(-c2c3ccccc3c(-c3ccc4ccccc4c3)c3ccccc23)c1. The lowest BCUT2D eigenvalue weighted by Gasteiger charge is -2.26. The zero-order valence-corrected chi connectivity index (χ0v) is 26.0. The van der Waals surface area contributed by atoms with Crippen LogP contribution in [0.3, 0.4) is 0 Å². The van der Waals surface area contributed by atoms with E-state index in [1.807, 2.05) is 0 Å². The summed E-state index contributed by atoms with van der Waals surface area (Å²) in [6.45, 7) is 0. The summed E-state index contributed by atoms with van der Waals surface area (Å²) in [6.07, 6.45) is 6.59. The van der Waals surface area contributed by atoms with Crippen LogP contribution in [-0.4, -0.2) is 0 Å². The van der Waals surface area contributed by atoms with Crippen LogP contribution in [0.2, 0.25) is 0 Å².